The molecule has 3 aromatic heterocycles. The third kappa shape index (κ3) is 31.6. The molecule has 4 aliphatic rings. The molecule has 0 unspecified atom stereocenters. The summed E-state index contributed by atoms with van der Waals surface area (Å²) in [5.41, 5.74) is 21.3. The van der Waals surface area contributed by atoms with Crippen molar-refractivity contribution < 1.29 is 86.9 Å². The van der Waals surface area contributed by atoms with Crippen molar-refractivity contribution in [1.82, 2.24) is 109 Å². The van der Waals surface area contributed by atoms with Gasteiger partial charge in [0.2, 0.25) is 88.6 Å². The Hall–Kier alpha value is -14.0. The first-order chi connectivity index (χ1) is 65.9. The molecular formula is C94H126N24O18S. The van der Waals surface area contributed by atoms with Crippen molar-refractivity contribution in [2.75, 3.05) is 51.6 Å². The molecule has 0 aliphatic carbocycles. The Morgan fingerprint density at radius 3 is 1.55 bits per heavy atom. The average molecular weight is 1910 g/mol. The Morgan fingerprint density at radius 2 is 0.985 bits per heavy atom. The van der Waals surface area contributed by atoms with Gasteiger partial charge in [0.25, 0.3) is 0 Å². The number of para-hydroxylation sites is 1. The number of hydrogen-bond donors (Lipinski definition) is 22. The van der Waals surface area contributed by atoms with Gasteiger partial charge in [-0.05, 0) is 149 Å². The van der Waals surface area contributed by atoms with Gasteiger partial charge >= 0.3 is 6.03 Å². The maximum atomic E-state index is 15.7. The third-order valence-corrected chi connectivity index (χ3v) is 26.0. The van der Waals surface area contributed by atoms with Crippen LogP contribution in [0, 0.1) is 5.92 Å². The van der Waals surface area contributed by atoms with Gasteiger partial charge in [-0.25, -0.2) is 14.8 Å². The van der Waals surface area contributed by atoms with Crippen LogP contribution in [0.25, 0.3) is 10.9 Å². The SMILES string of the molecule is CC(C)C[C@H](N)C(=O)N[C@@H](Cc1c[nH]cn1)C(=O)N[C@@H](Cc1c[nH]cn1)C(=O)N1CCC[C@H]1C(=O)N[C@@H](Cc1c[nH]c2ccccc12)C(=O)N1CCC[C@H]1C(=O)N[C@@H](Cc1ccc(O)cc1)C(=O)N[C@@H](Cc1ccccc1)C(=O)N[C@@H](Cc1ccc(O)cc1)C(=O)N[C@@H](CCCCN)C(=O)NCC(=O)NCC(=O)NCC(=O)N[C@@H](CCCCNC(=O)CCCC[C@@H]1SC[C@@H]2NC(=O)N[C@@H]21)C(N)=O. The maximum absolute atomic E-state index is 15.7. The van der Waals surface area contributed by atoms with Crippen molar-refractivity contribution in [3.05, 3.63) is 168 Å². The lowest BCUT2D eigenvalue weighted by atomic mass is 10.00. The number of aromatic amines is 3. The molecule has 0 bridgehead atoms. The lowest BCUT2D eigenvalue weighted by molar-refractivity contribution is -0.144. The van der Waals surface area contributed by atoms with Gasteiger partial charge in [-0.1, -0.05) is 93.1 Å². The van der Waals surface area contributed by atoms with Crippen LogP contribution in [0.15, 0.2) is 134 Å². The zero-order valence-electron chi connectivity index (χ0n) is 76.7. The summed E-state index contributed by atoms with van der Waals surface area (Å²) in [4.78, 5) is 245. The average Bonchev–Trinajstić information content (AvgIpc) is 1.68. The number of phenols is 2. The van der Waals surface area contributed by atoms with E-state index in [9.17, 15) is 58.2 Å². The fourth-order valence-corrected chi connectivity index (χ4v) is 18.8. The highest BCUT2D eigenvalue weighted by Crippen LogP contribution is 2.34. The number of nitrogens with two attached hydrogens (primary N) is 3. The van der Waals surface area contributed by atoms with Crippen LogP contribution in [0.4, 0.5) is 4.79 Å². The quantitative estimate of drug-likeness (QED) is 0.0160. The number of urea groups is 1. The van der Waals surface area contributed by atoms with Gasteiger partial charge in [0.1, 0.15) is 71.9 Å². The van der Waals surface area contributed by atoms with Gasteiger partial charge in [0.05, 0.1) is 61.8 Å². The first kappa shape index (κ1) is 104. The van der Waals surface area contributed by atoms with Gasteiger partial charge in [-0.15, -0.1) is 0 Å². The number of fused-ring (bicyclic) bond motifs is 2. The Balaban J connectivity index is 0.731. The molecule has 42 nitrogen and oxygen atoms in total. The van der Waals surface area contributed by atoms with E-state index in [2.05, 4.69) is 99.4 Å². The van der Waals surface area contributed by atoms with E-state index in [0.717, 1.165) is 29.5 Å². The van der Waals surface area contributed by atoms with E-state index in [-0.39, 0.29) is 138 Å². The minimum absolute atomic E-state index is 0.00772. The molecule has 4 aromatic carbocycles. The van der Waals surface area contributed by atoms with Crippen LogP contribution in [0.2, 0.25) is 0 Å². The second-order valence-corrected chi connectivity index (χ2v) is 36.6. The number of phenolic OH excluding ortho intramolecular Hbond substituents is 2. The first-order valence-electron chi connectivity index (χ1n) is 46.6. The zero-order valence-corrected chi connectivity index (χ0v) is 77.5. The molecule has 25 N–H and O–H groups in total. The number of hydrogen-bond acceptors (Lipinski definition) is 23. The highest BCUT2D eigenvalue weighted by molar-refractivity contribution is 8.00. The van der Waals surface area contributed by atoms with Crippen molar-refractivity contribution in [2.24, 2.45) is 23.1 Å². The minimum atomic E-state index is -1.55. The molecule has 4 aliphatic heterocycles. The zero-order chi connectivity index (χ0) is 98.0. The molecule has 14 atom stereocenters. The molecule has 17 amide bonds. The number of imidazole rings is 2. The summed E-state index contributed by atoms with van der Waals surface area (Å²) >= 11 is 1.81. The van der Waals surface area contributed by atoms with Crippen molar-refractivity contribution in [1.29, 1.82) is 0 Å². The number of benzene rings is 4. The molecule has 7 aromatic rings. The molecule has 0 spiro atoms. The Labute approximate surface area is 796 Å². The first-order valence-corrected chi connectivity index (χ1v) is 47.6. The predicted molar refractivity (Wildman–Crippen MR) is 505 cm³/mol. The molecule has 0 radical (unpaired) electrons. The Morgan fingerprint density at radius 1 is 0.489 bits per heavy atom. The number of nitrogens with zero attached hydrogens (tertiary/aromatic N) is 4. The van der Waals surface area contributed by atoms with E-state index in [1.54, 1.807) is 48.9 Å². The van der Waals surface area contributed by atoms with E-state index in [1.165, 1.54) is 71.0 Å². The highest BCUT2D eigenvalue weighted by atomic mass is 32.2. The standard InChI is InChI=1S/C94H126N24O18S/c1-54(2)38-64(96)84(126)109-71(43-59-46-98-52-105-59)89(131)113-73(44-60-47-99-53-106-60)93(135)118-37-15-23-76(118)91(133)114-72(42-58-45-101-65-19-7-6-18-63(58)65)92(134)117-36-14-22-75(117)90(132)112-70(41-57-28-32-62(120)33-29-57)88(130)110-68(39-55-16-4-3-5-17-55)87(129)111-69(40-56-26-30-61(119)31-27-56)86(128)108-67(21-10-12-34-95)85(127)104-49-80(123)102-48-79(122)103-50-81(124)107-66(83(97)125)20-11-13-35-100-78(121)25-9-8-24-77-82-74(51-137-77)115-94(136)116-82/h3-7,16-19,26-33,45-47,52-54,64,66-77,82,101,119-120H,8-15,20-25,34-44,48-51,95-96H2,1-2H3,(H2,97,125)(H,98,105)(H,99,106)(H,100,121)(H,102,123)(H,103,122)(H,104,127)(H,107,124)(H,108,128)(H,109,126)(H,110,130)(H,111,129)(H,112,132)(H,113,131)(H,114,133)(H2,115,116,136)/t64-,66-,67-,68-,69-,70-,71-,72-,73-,74-,75-,76-,77-,82-/m0/s1. The molecule has 11 rings (SSSR count). The number of unbranched alkanes of at least 4 members (excludes halogenated alkanes) is 3. The number of rotatable bonds is 53. The van der Waals surface area contributed by atoms with E-state index >= 15 is 28.8 Å². The van der Waals surface area contributed by atoms with Crippen molar-refractivity contribution in [2.45, 2.75) is 232 Å². The number of primary amides is 1. The van der Waals surface area contributed by atoms with E-state index < -0.39 is 169 Å². The number of carbonyl (C=O) groups excluding carboxylic acids is 16. The molecule has 0 saturated carbocycles. The van der Waals surface area contributed by atoms with Crippen molar-refractivity contribution >= 4 is 117 Å². The molecular weight excluding hydrogens is 1790 g/mol. The van der Waals surface area contributed by atoms with Gasteiger partial charge < -0.3 is 127 Å². The van der Waals surface area contributed by atoms with E-state index in [4.69, 9.17) is 17.2 Å². The van der Waals surface area contributed by atoms with Crippen LogP contribution in [-0.4, -0.2) is 275 Å². The molecule has 137 heavy (non-hydrogen) atoms. The monoisotopic (exact) mass is 1910 g/mol. The molecule has 43 heteroatoms. The summed E-state index contributed by atoms with van der Waals surface area (Å²) in [5.74, 6) is -10.5. The number of H-pyrrole nitrogens is 3. The van der Waals surface area contributed by atoms with Crippen LogP contribution >= 0.6 is 11.8 Å². The number of aromatic nitrogens is 5. The molecule has 4 fully saturated rings. The topological polar surface area (TPSA) is 640 Å². The minimum Gasteiger partial charge on any atom is -0.508 e. The predicted octanol–water partition coefficient (Wildman–Crippen LogP) is -1.01. The van der Waals surface area contributed by atoms with Gasteiger partial charge in [0, 0.05) is 105 Å². The lowest BCUT2D eigenvalue weighted by Gasteiger charge is -2.32. The van der Waals surface area contributed by atoms with Gasteiger partial charge in [-0.2, -0.15) is 11.8 Å². The van der Waals surface area contributed by atoms with Crippen LogP contribution in [0.1, 0.15) is 144 Å². The van der Waals surface area contributed by atoms with E-state index in [1.807, 2.05) is 49.9 Å². The summed E-state index contributed by atoms with van der Waals surface area (Å²) < 4.78 is 0. The fourth-order valence-electron chi connectivity index (χ4n) is 17.2. The van der Waals surface area contributed by atoms with Crippen molar-refractivity contribution in [3.8, 4) is 11.5 Å². The molecule has 7 heterocycles. The highest BCUT2D eigenvalue weighted by Gasteiger charge is 2.46. The van der Waals surface area contributed by atoms with Gasteiger partial charge in [-0.3, -0.25) is 71.9 Å². The largest absolute Gasteiger partial charge is 0.508 e. The molecule has 4 saturated heterocycles. The van der Waals surface area contributed by atoms with E-state index in [0.29, 0.717) is 90.4 Å². The summed E-state index contributed by atoms with van der Waals surface area (Å²) in [6.07, 6.45) is 12.1. The van der Waals surface area contributed by atoms with Crippen LogP contribution in [0.3, 0.4) is 0 Å². The normalized spacial score (nSPS) is 18.0. The Bertz CT molecular complexity index is 5280. The molecule has 736 valence electrons. The maximum Gasteiger partial charge on any atom is 0.315 e. The second kappa shape index (κ2) is 51.7. The Kier molecular flexibility index (Phi) is 39.0. The summed E-state index contributed by atoms with van der Waals surface area (Å²) in [7, 11) is 0. The number of thioether (sulfide) groups is 1. The smallest absolute Gasteiger partial charge is 0.315 e. The van der Waals surface area contributed by atoms with Crippen LogP contribution in [0.5, 0.6) is 11.5 Å². The van der Waals surface area contributed by atoms with Crippen LogP contribution < -0.4 is 91.6 Å². The summed E-state index contributed by atoms with van der Waals surface area (Å²) in [6.45, 7) is 2.43. The number of amides is 17. The lowest BCUT2D eigenvalue weighted by Crippen LogP contribution is -2.61. The van der Waals surface area contributed by atoms with Gasteiger partial charge in [0.15, 0.2) is 0 Å². The third-order valence-electron chi connectivity index (χ3n) is 24.5. The summed E-state index contributed by atoms with van der Waals surface area (Å²) in [5, 5.41) is 59.9. The summed E-state index contributed by atoms with van der Waals surface area (Å²) in [6, 6.07) is 12.9. The number of aromatic hydroxyl groups is 2. The van der Waals surface area contributed by atoms with Crippen molar-refractivity contribution in [3.63, 3.8) is 0 Å². The van der Waals surface area contributed by atoms with Crippen LogP contribution in [-0.2, 0) is 110 Å². The number of likely N-dealkylation sites (tertiary alicyclic amines) is 2. The fraction of sp³-hybridized carbons (Fsp3) is 0.489. The number of nitrogens with one attached hydrogen (secondary N) is 17. The second-order valence-electron chi connectivity index (χ2n) is 35.4. The number of carbonyl (C=O) groups is 16.